The summed E-state index contributed by atoms with van der Waals surface area (Å²) in [7, 11) is 0. The van der Waals surface area contributed by atoms with Crippen LogP contribution in [-0.4, -0.2) is 9.54 Å². The highest BCUT2D eigenvalue weighted by molar-refractivity contribution is 7.92. The maximum atomic E-state index is 12.4. The van der Waals surface area contributed by atoms with Crippen LogP contribution in [0.5, 0.6) is 0 Å². The van der Waals surface area contributed by atoms with Gasteiger partial charge in [-0.15, -0.1) is 24.8 Å². The van der Waals surface area contributed by atoms with Gasteiger partial charge in [0.05, 0.1) is 5.69 Å². The molecule has 1 aromatic heterocycles. The highest BCUT2D eigenvalue weighted by Crippen LogP contribution is 2.18. The third-order valence-electron chi connectivity index (χ3n) is 3.27. The minimum absolute atomic E-state index is 0. The van der Waals surface area contributed by atoms with Crippen LogP contribution in [0.15, 0.2) is 71.6 Å². The Hall–Kier alpha value is -2.56. The number of aromatic nitrogens is 1. The van der Waals surface area contributed by atoms with Gasteiger partial charge in [-0.25, -0.2) is 9.71 Å². The lowest BCUT2D eigenvalue weighted by Gasteiger charge is -2.11. The van der Waals surface area contributed by atoms with Crippen molar-refractivity contribution in [1.29, 1.82) is 0 Å². The van der Waals surface area contributed by atoms with E-state index in [4.69, 9.17) is 11.5 Å². The summed E-state index contributed by atoms with van der Waals surface area (Å²) in [6, 6.07) is 19.6. The molecule has 0 radical (unpaired) electrons. The average Bonchev–Trinajstić information content (AvgIpc) is 2.60. The highest BCUT2D eigenvalue weighted by Gasteiger charge is 2.11. The van der Waals surface area contributed by atoms with Crippen molar-refractivity contribution in [2.45, 2.75) is 4.90 Å². The quantitative estimate of drug-likeness (QED) is 0.341. The van der Waals surface area contributed by atoms with Crippen LogP contribution in [0.1, 0.15) is 11.3 Å². The SMILES string of the molecule is Cl.Cl.Nc1cccc(N[S+]([O-])c2ccc(C#Cc3cccc(N)n3)cc2)c1. The van der Waals surface area contributed by atoms with Crippen LogP contribution in [0, 0.1) is 11.8 Å². The number of rotatable bonds is 3. The monoisotopic (exact) mass is 420 g/mol. The standard InChI is InChI=1S/C19H16N4OS.2ClH/c20-15-3-1-5-17(13-15)23-25(24)18-11-8-14(9-12-18)7-10-16-4-2-6-19(21)22-16;;/h1-6,8-9,11-13,23H,20H2,(H2,21,22);2*1H. The number of nitrogens with one attached hydrogen (secondary N) is 1. The van der Waals surface area contributed by atoms with E-state index >= 15 is 0 Å². The van der Waals surface area contributed by atoms with E-state index in [2.05, 4.69) is 21.5 Å². The van der Waals surface area contributed by atoms with Crippen molar-refractivity contribution in [3.05, 3.63) is 78.0 Å². The Labute approximate surface area is 173 Å². The van der Waals surface area contributed by atoms with Gasteiger partial charge >= 0.3 is 0 Å². The third-order valence-corrected chi connectivity index (χ3v) is 4.39. The lowest BCUT2D eigenvalue weighted by Crippen LogP contribution is -2.13. The number of nitrogens with two attached hydrogens (primary N) is 2. The molecule has 1 atom stereocenters. The van der Waals surface area contributed by atoms with Gasteiger partial charge in [0.1, 0.15) is 22.9 Å². The first-order valence-electron chi connectivity index (χ1n) is 7.49. The molecule has 5 N–H and O–H groups in total. The average molecular weight is 421 g/mol. The predicted octanol–water partition coefficient (Wildman–Crippen LogP) is 3.62. The number of hydrogen-bond donors (Lipinski definition) is 3. The molecule has 27 heavy (non-hydrogen) atoms. The Balaban J connectivity index is 0.00000182. The van der Waals surface area contributed by atoms with E-state index in [0.717, 1.165) is 5.56 Å². The van der Waals surface area contributed by atoms with Crippen LogP contribution in [0.3, 0.4) is 0 Å². The summed E-state index contributed by atoms with van der Waals surface area (Å²) in [5.74, 6) is 6.39. The van der Waals surface area contributed by atoms with Gasteiger partial charge in [0.2, 0.25) is 0 Å². The normalized spacial score (nSPS) is 10.4. The van der Waals surface area contributed by atoms with Gasteiger partial charge in [-0.1, -0.05) is 18.1 Å². The van der Waals surface area contributed by atoms with Crippen molar-refractivity contribution in [2.24, 2.45) is 0 Å². The number of pyridine rings is 1. The van der Waals surface area contributed by atoms with E-state index in [0.29, 0.717) is 27.8 Å². The highest BCUT2D eigenvalue weighted by atomic mass is 35.5. The Kier molecular flexibility index (Phi) is 8.79. The second kappa shape index (κ2) is 10.6. The molecule has 0 aliphatic carbocycles. The molecule has 3 rings (SSSR count). The summed E-state index contributed by atoms with van der Waals surface area (Å²) in [5.41, 5.74) is 14.1. The second-order valence-corrected chi connectivity index (χ2v) is 6.43. The van der Waals surface area contributed by atoms with Crippen molar-refractivity contribution in [1.82, 2.24) is 4.98 Å². The van der Waals surface area contributed by atoms with Crippen LogP contribution in [0.2, 0.25) is 0 Å². The molecule has 1 unspecified atom stereocenters. The first-order valence-corrected chi connectivity index (χ1v) is 8.64. The zero-order chi connectivity index (χ0) is 17.6. The van der Waals surface area contributed by atoms with Crippen molar-refractivity contribution in [3.8, 4) is 11.8 Å². The van der Waals surface area contributed by atoms with Crippen LogP contribution < -0.4 is 16.2 Å². The van der Waals surface area contributed by atoms with E-state index in [1.54, 1.807) is 48.5 Å². The third kappa shape index (κ3) is 6.59. The van der Waals surface area contributed by atoms with E-state index in [-0.39, 0.29) is 24.8 Å². The van der Waals surface area contributed by atoms with Crippen LogP contribution >= 0.6 is 24.8 Å². The Morgan fingerprint density at radius 1 is 0.889 bits per heavy atom. The number of hydrogen-bond acceptors (Lipinski definition) is 5. The lowest BCUT2D eigenvalue weighted by molar-refractivity contribution is 0.600. The summed E-state index contributed by atoms with van der Waals surface area (Å²) in [6.07, 6.45) is 0. The van der Waals surface area contributed by atoms with Crippen LogP contribution in [0.25, 0.3) is 0 Å². The Morgan fingerprint density at radius 2 is 1.59 bits per heavy atom. The number of nitrogens with zero attached hydrogens (tertiary/aromatic N) is 1. The fourth-order valence-corrected chi connectivity index (χ4v) is 2.93. The lowest BCUT2D eigenvalue weighted by atomic mass is 10.2. The fraction of sp³-hybridized carbons (Fsp3) is 0. The molecule has 8 heteroatoms. The smallest absolute Gasteiger partial charge is 0.180 e. The number of benzene rings is 2. The van der Waals surface area contributed by atoms with Gasteiger partial charge in [-0.05, 0) is 60.5 Å². The molecule has 0 aliphatic rings. The van der Waals surface area contributed by atoms with Crippen molar-refractivity contribution in [2.75, 3.05) is 16.2 Å². The number of nitrogen functional groups attached to an aromatic ring is 2. The predicted molar refractivity (Wildman–Crippen MR) is 116 cm³/mol. The minimum Gasteiger partial charge on any atom is -0.588 e. The fourth-order valence-electron chi connectivity index (χ4n) is 2.09. The second-order valence-electron chi connectivity index (χ2n) is 5.22. The molecular weight excluding hydrogens is 403 g/mol. The summed E-state index contributed by atoms with van der Waals surface area (Å²) >= 11 is -1.38. The van der Waals surface area contributed by atoms with E-state index in [9.17, 15) is 4.55 Å². The molecule has 0 saturated heterocycles. The molecule has 2 aromatic carbocycles. The maximum Gasteiger partial charge on any atom is 0.180 e. The molecular formula is C19H18Cl2N4OS. The molecule has 0 amide bonds. The number of halogens is 2. The molecule has 0 aliphatic heterocycles. The van der Waals surface area contributed by atoms with Crippen molar-refractivity contribution in [3.63, 3.8) is 0 Å². The van der Waals surface area contributed by atoms with E-state index in [1.807, 2.05) is 18.2 Å². The van der Waals surface area contributed by atoms with Crippen molar-refractivity contribution >= 4 is 53.4 Å². The number of anilines is 3. The van der Waals surface area contributed by atoms with Gasteiger partial charge in [0.15, 0.2) is 4.90 Å². The van der Waals surface area contributed by atoms with Crippen molar-refractivity contribution < 1.29 is 4.55 Å². The maximum absolute atomic E-state index is 12.4. The molecule has 3 aromatic rings. The summed E-state index contributed by atoms with van der Waals surface area (Å²) in [5, 5.41) is 0. The van der Waals surface area contributed by atoms with Gasteiger partial charge in [0.25, 0.3) is 0 Å². The molecule has 0 bridgehead atoms. The van der Waals surface area contributed by atoms with Gasteiger partial charge in [-0.3, -0.25) is 0 Å². The first-order chi connectivity index (χ1) is 12.1. The van der Waals surface area contributed by atoms with E-state index < -0.39 is 11.4 Å². The van der Waals surface area contributed by atoms with Gasteiger partial charge in [0, 0.05) is 11.3 Å². The summed E-state index contributed by atoms with van der Waals surface area (Å²) in [4.78, 5) is 4.77. The molecule has 5 nitrogen and oxygen atoms in total. The molecule has 0 spiro atoms. The molecule has 0 saturated carbocycles. The van der Waals surface area contributed by atoms with E-state index in [1.165, 1.54) is 0 Å². The molecule has 140 valence electrons. The largest absolute Gasteiger partial charge is 0.588 e. The van der Waals surface area contributed by atoms with Crippen LogP contribution in [-0.2, 0) is 11.4 Å². The summed E-state index contributed by atoms with van der Waals surface area (Å²) < 4.78 is 15.3. The van der Waals surface area contributed by atoms with Gasteiger partial charge in [-0.2, -0.15) is 0 Å². The zero-order valence-electron chi connectivity index (χ0n) is 14.1. The first kappa shape index (κ1) is 22.5. The summed E-state index contributed by atoms with van der Waals surface area (Å²) in [6.45, 7) is 0. The topological polar surface area (TPSA) is 100 Å². The Morgan fingerprint density at radius 3 is 2.26 bits per heavy atom. The minimum atomic E-state index is -1.38. The Bertz CT molecular complexity index is 942. The molecule has 0 fully saturated rings. The van der Waals surface area contributed by atoms with Crippen LogP contribution in [0.4, 0.5) is 17.2 Å². The van der Waals surface area contributed by atoms with Gasteiger partial charge < -0.3 is 16.0 Å². The molecule has 1 heterocycles. The zero-order valence-corrected chi connectivity index (χ0v) is 16.5.